The highest BCUT2D eigenvalue weighted by molar-refractivity contribution is 7.93. The Kier molecular flexibility index (Phi) is 4.16. The third-order valence-electron chi connectivity index (χ3n) is 6.05. The lowest BCUT2D eigenvalue weighted by atomic mass is 9.82. The molecule has 1 unspecified atom stereocenters. The summed E-state index contributed by atoms with van der Waals surface area (Å²) in [4.78, 5) is 16.6. The normalized spacial score (nSPS) is 28.2. The second-order valence-electron chi connectivity index (χ2n) is 7.45. The number of sulfone groups is 1. The first kappa shape index (κ1) is 17.1. The second kappa shape index (κ2) is 6.10. The number of aromatic nitrogens is 1. The average Bonchev–Trinajstić information content (AvgIpc) is 3.08. The molecule has 4 rings (SSSR count). The van der Waals surface area contributed by atoms with Crippen LogP contribution in [-0.2, 0) is 21.6 Å². The number of rotatable bonds is 3. The number of likely N-dealkylation sites (tertiary alicyclic amines) is 1. The summed E-state index contributed by atoms with van der Waals surface area (Å²) in [6.45, 7) is 4.59. The van der Waals surface area contributed by atoms with Crippen molar-refractivity contribution < 1.29 is 17.9 Å². The molecule has 3 aliphatic rings. The van der Waals surface area contributed by atoms with Crippen molar-refractivity contribution in [3.8, 4) is 0 Å². The van der Waals surface area contributed by atoms with Crippen molar-refractivity contribution in [3.63, 3.8) is 0 Å². The Morgan fingerprint density at radius 1 is 1.32 bits per heavy atom. The van der Waals surface area contributed by atoms with Crippen molar-refractivity contribution in [1.82, 2.24) is 14.4 Å². The number of carbonyl (C=O) groups excluding carboxylic acids is 1. The first-order chi connectivity index (χ1) is 11.9. The zero-order valence-corrected chi connectivity index (χ0v) is 15.4. The van der Waals surface area contributed by atoms with Gasteiger partial charge < -0.3 is 14.2 Å². The smallest absolute Gasteiger partial charge is 0.270 e. The van der Waals surface area contributed by atoms with Gasteiger partial charge in [-0.25, -0.2) is 8.42 Å². The van der Waals surface area contributed by atoms with Crippen molar-refractivity contribution >= 4 is 15.7 Å². The van der Waals surface area contributed by atoms with E-state index >= 15 is 0 Å². The molecule has 4 heterocycles. The minimum absolute atomic E-state index is 0.0784. The van der Waals surface area contributed by atoms with Crippen LogP contribution in [0.2, 0.25) is 0 Å². The number of morpholine rings is 1. The van der Waals surface area contributed by atoms with Gasteiger partial charge in [0.1, 0.15) is 10.4 Å². The largest absolute Gasteiger partial charge is 0.379 e. The summed E-state index contributed by atoms with van der Waals surface area (Å²) in [5, 5.41) is 0. The molecule has 1 atom stereocenters. The predicted molar refractivity (Wildman–Crippen MR) is 93.2 cm³/mol. The SMILES string of the molecule is Cn1cccc1C(=O)N1CC2(C1)C(CN1CCOCC1)CCS2(=O)=O. The number of ether oxygens (including phenoxy) is 1. The lowest BCUT2D eigenvalue weighted by Crippen LogP contribution is -2.69. The first-order valence-corrected chi connectivity index (χ1v) is 10.5. The first-order valence-electron chi connectivity index (χ1n) is 8.86. The van der Waals surface area contributed by atoms with Crippen LogP contribution < -0.4 is 0 Å². The van der Waals surface area contributed by atoms with E-state index in [0.717, 1.165) is 19.6 Å². The summed E-state index contributed by atoms with van der Waals surface area (Å²) in [6.07, 6.45) is 2.53. The highest BCUT2D eigenvalue weighted by Crippen LogP contribution is 2.45. The molecule has 0 aliphatic carbocycles. The molecule has 1 aromatic heterocycles. The standard InChI is InChI=1S/C17H25N3O4S/c1-18-5-2-3-15(18)16(21)20-12-17(13-20)14(4-10-25(17,22)23)11-19-6-8-24-9-7-19/h2-3,5,14H,4,6-13H2,1H3. The molecule has 7 nitrogen and oxygen atoms in total. The Hall–Kier alpha value is -1.38. The molecular weight excluding hydrogens is 342 g/mol. The number of nitrogens with zero attached hydrogens (tertiary/aromatic N) is 3. The van der Waals surface area contributed by atoms with Crippen LogP contribution in [0.3, 0.4) is 0 Å². The molecule has 0 N–H and O–H groups in total. The summed E-state index contributed by atoms with van der Waals surface area (Å²) >= 11 is 0. The van der Waals surface area contributed by atoms with Gasteiger partial charge in [0.05, 0.1) is 19.0 Å². The fourth-order valence-corrected chi connectivity index (χ4v) is 6.82. The van der Waals surface area contributed by atoms with Gasteiger partial charge in [-0.3, -0.25) is 9.69 Å². The molecule has 25 heavy (non-hydrogen) atoms. The molecule has 8 heteroatoms. The van der Waals surface area contributed by atoms with Gasteiger partial charge in [-0.2, -0.15) is 0 Å². The molecule has 3 saturated heterocycles. The lowest BCUT2D eigenvalue weighted by molar-refractivity contribution is 0.0138. The number of hydrogen-bond donors (Lipinski definition) is 0. The summed E-state index contributed by atoms with van der Waals surface area (Å²) in [6, 6.07) is 3.61. The van der Waals surface area contributed by atoms with Gasteiger partial charge in [0.2, 0.25) is 0 Å². The highest BCUT2D eigenvalue weighted by Gasteiger charge is 2.62. The minimum Gasteiger partial charge on any atom is -0.379 e. The molecule has 3 aliphatic heterocycles. The summed E-state index contributed by atoms with van der Waals surface area (Å²) in [5.74, 6) is 0.271. The van der Waals surface area contributed by atoms with Crippen LogP contribution in [0, 0.1) is 5.92 Å². The van der Waals surface area contributed by atoms with Crippen molar-refractivity contribution in [2.24, 2.45) is 13.0 Å². The average molecular weight is 367 g/mol. The third-order valence-corrected chi connectivity index (χ3v) is 8.65. The van der Waals surface area contributed by atoms with E-state index in [1.165, 1.54) is 0 Å². The van der Waals surface area contributed by atoms with Crippen LogP contribution in [0.25, 0.3) is 0 Å². The van der Waals surface area contributed by atoms with Gasteiger partial charge in [0, 0.05) is 46.0 Å². The maximum Gasteiger partial charge on any atom is 0.270 e. The van der Waals surface area contributed by atoms with E-state index in [1.54, 1.807) is 15.5 Å². The van der Waals surface area contributed by atoms with Gasteiger partial charge in [0.25, 0.3) is 5.91 Å². The van der Waals surface area contributed by atoms with E-state index in [2.05, 4.69) is 4.90 Å². The zero-order valence-electron chi connectivity index (χ0n) is 14.6. The number of carbonyl (C=O) groups is 1. The monoisotopic (exact) mass is 367 g/mol. The van der Waals surface area contributed by atoms with Crippen LogP contribution in [0.5, 0.6) is 0 Å². The van der Waals surface area contributed by atoms with Crippen molar-refractivity contribution in [2.45, 2.75) is 11.2 Å². The Morgan fingerprint density at radius 3 is 2.68 bits per heavy atom. The summed E-state index contributed by atoms with van der Waals surface area (Å²) in [5.41, 5.74) is 0.606. The van der Waals surface area contributed by atoms with E-state index in [-0.39, 0.29) is 17.6 Å². The maximum atomic E-state index is 12.8. The predicted octanol–water partition coefficient (Wildman–Crippen LogP) is -0.0134. The molecule has 0 aromatic carbocycles. The van der Waals surface area contributed by atoms with Gasteiger partial charge in [-0.05, 0) is 24.5 Å². The number of amides is 1. The molecule has 3 fully saturated rings. The van der Waals surface area contributed by atoms with Crippen LogP contribution in [0.15, 0.2) is 18.3 Å². The van der Waals surface area contributed by atoms with Crippen LogP contribution in [0.4, 0.5) is 0 Å². The van der Waals surface area contributed by atoms with Crippen molar-refractivity contribution in [2.75, 3.05) is 51.7 Å². The minimum atomic E-state index is -3.15. The van der Waals surface area contributed by atoms with Gasteiger partial charge in [-0.1, -0.05) is 0 Å². The van der Waals surface area contributed by atoms with Crippen LogP contribution in [-0.4, -0.2) is 85.1 Å². The highest BCUT2D eigenvalue weighted by atomic mass is 32.2. The molecule has 0 saturated carbocycles. The van der Waals surface area contributed by atoms with E-state index in [4.69, 9.17) is 4.74 Å². The molecule has 1 amide bonds. The third kappa shape index (κ3) is 2.71. The van der Waals surface area contributed by atoms with E-state index in [9.17, 15) is 13.2 Å². The van der Waals surface area contributed by atoms with Gasteiger partial charge in [-0.15, -0.1) is 0 Å². The van der Waals surface area contributed by atoms with Gasteiger partial charge in [0.15, 0.2) is 9.84 Å². The van der Waals surface area contributed by atoms with Gasteiger partial charge >= 0.3 is 0 Å². The fraction of sp³-hybridized carbons (Fsp3) is 0.706. The Balaban J connectivity index is 1.49. The molecule has 1 aromatic rings. The Labute approximate surface area is 148 Å². The zero-order chi connectivity index (χ0) is 17.7. The quantitative estimate of drug-likeness (QED) is 0.751. The van der Waals surface area contributed by atoms with Crippen molar-refractivity contribution in [1.29, 1.82) is 0 Å². The Bertz CT molecular complexity index is 761. The Morgan fingerprint density at radius 2 is 2.04 bits per heavy atom. The maximum absolute atomic E-state index is 12.8. The fourth-order valence-electron chi connectivity index (χ4n) is 4.41. The number of hydrogen-bond acceptors (Lipinski definition) is 5. The summed E-state index contributed by atoms with van der Waals surface area (Å²) < 4.78 is 31.9. The van der Waals surface area contributed by atoms with E-state index in [0.29, 0.717) is 38.4 Å². The van der Waals surface area contributed by atoms with E-state index < -0.39 is 14.6 Å². The molecule has 0 bridgehead atoms. The van der Waals surface area contributed by atoms with Crippen LogP contribution in [0.1, 0.15) is 16.9 Å². The van der Waals surface area contributed by atoms with Crippen molar-refractivity contribution in [3.05, 3.63) is 24.0 Å². The second-order valence-corrected chi connectivity index (χ2v) is 9.90. The number of aryl methyl sites for hydroxylation is 1. The van der Waals surface area contributed by atoms with Crippen LogP contribution >= 0.6 is 0 Å². The summed E-state index contributed by atoms with van der Waals surface area (Å²) in [7, 11) is -1.32. The lowest BCUT2D eigenvalue weighted by Gasteiger charge is -2.50. The topological polar surface area (TPSA) is 71.9 Å². The molecule has 0 radical (unpaired) electrons. The molecule has 1 spiro atoms. The molecular formula is C17H25N3O4S. The molecule has 138 valence electrons. The van der Waals surface area contributed by atoms with E-state index in [1.807, 2.05) is 19.3 Å².